The lowest BCUT2D eigenvalue weighted by Crippen LogP contribution is -2.12. The topological polar surface area (TPSA) is 122 Å². The number of alkyl halides is 3. The number of benzene rings is 2. The number of halogens is 3. The van der Waals surface area contributed by atoms with E-state index >= 15 is 0 Å². The van der Waals surface area contributed by atoms with Crippen LogP contribution >= 0.6 is 0 Å². The number of nitro groups is 2. The minimum atomic E-state index is -4.78. The molecular weight excluding hydrogens is 397 g/mol. The third-order valence-corrected chi connectivity index (χ3v) is 3.80. The van der Waals surface area contributed by atoms with Crippen molar-refractivity contribution in [3.8, 4) is 5.75 Å². The van der Waals surface area contributed by atoms with Crippen LogP contribution in [0.4, 0.5) is 24.5 Å². The second kappa shape index (κ2) is 8.09. The Bertz CT molecular complexity index is 872. The van der Waals surface area contributed by atoms with Crippen LogP contribution < -0.4 is 4.18 Å². The molecule has 0 heterocycles. The first kappa shape index (κ1) is 20.3. The van der Waals surface area contributed by atoms with Gasteiger partial charge in [-0.25, -0.2) is 0 Å². The number of hydrogen-bond donors (Lipinski definition) is 0. The van der Waals surface area contributed by atoms with Gasteiger partial charge in [0, 0.05) is 12.1 Å². The highest BCUT2D eigenvalue weighted by molar-refractivity contribution is 7.75. The van der Waals surface area contributed by atoms with Crippen molar-refractivity contribution in [2.45, 2.75) is 12.8 Å². The summed E-state index contributed by atoms with van der Waals surface area (Å²) in [6.07, 6.45) is -4.78. The highest BCUT2D eigenvalue weighted by atomic mass is 32.2. The quantitative estimate of drug-likeness (QED) is 0.507. The van der Waals surface area contributed by atoms with Gasteiger partial charge in [0.15, 0.2) is 5.75 Å². The number of para-hydroxylation sites is 1. The molecule has 0 saturated carbocycles. The molecular formula is C14H9F3N2O7S. The molecule has 2 aromatic carbocycles. The highest BCUT2D eigenvalue weighted by Crippen LogP contribution is 2.36. The van der Waals surface area contributed by atoms with Crippen LogP contribution in [0.25, 0.3) is 0 Å². The van der Waals surface area contributed by atoms with Gasteiger partial charge in [0.1, 0.15) is 12.2 Å². The van der Waals surface area contributed by atoms with Crippen molar-refractivity contribution in [3.05, 3.63) is 73.8 Å². The van der Waals surface area contributed by atoms with Crippen molar-refractivity contribution in [1.82, 2.24) is 0 Å². The molecule has 0 aromatic heterocycles. The first-order valence-electron chi connectivity index (χ1n) is 6.91. The minimum Gasteiger partial charge on any atom is -0.379 e. The minimum absolute atomic E-state index is 0.506. The molecule has 27 heavy (non-hydrogen) atoms. The second-order valence-corrected chi connectivity index (χ2v) is 5.64. The van der Waals surface area contributed by atoms with Crippen LogP contribution in [0.1, 0.15) is 11.1 Å². The van der Waals surface area contributed by atoms with Gasteiger partial charge < -0.3 is 4.18 Å². The predicted molar refractivity (Wildman–Crippen MR) is 84.8 cm³/mol. The Balaban J connectivity index is 2.21. The number of rotatable bonds is 7. The lowest BCUT2D eigenvalue weighted by atomic mass is 10.1. The zero-order valence-corrected chi connectivity index (χ0v) is 13.9. The molecule has 2 rings (SSSR count). The molecule has 0 aliphatic heterocycles. The summed E-state index contributed by atoms with van der Waals surface area (Å²) in [4.78, 5) is 20.1. The van der Waals surface area contributed by atoms with Crippen LogP contribution in [-0.4, -0.2) is 14.1 Å². The number of hydrogen-bond acceptors (Lipinski definition) is 7. The maximum atomic E-state index is 12.9. The van der Waals surface area contributed by atoms with Crippen LogP contribution in [0, 0.1) is 20.2 Å². The standard InChI is InChI=1S/C14H9F3N2O7S/c15-14(16,17)10-4-1-2-7-13(10)26-27(24)25-8-9-11(18(20)21)5-3-6-12(9)19(22)23/h1-7H,8H2. The van der Waals surface area contributed by atoms with Gasteiger partial charge in [-0.2, -0.15) is 17.4 Å². The van der Waals surface area contributed by atoms with Crippen LogP contribution in [-0.2, 0) is 28.3 Å². The predicted octanol–water partition coefficient (Wildman–Crippen LogP) is 3.70. The first-order valence-corrected chi connectivity index (χ1v) is 7.91. The van der Waals surface area contributed by atoms with Crippen molar-refractivity contribution in [2.75, 3.05) is 0 Å². The molecule has 0 aliphatic carbocycles. The van der Waals surface area contributed by atoms with Crippen molar-refractivity contribution >= 4 is 22.7 Å². The summed E-state index contributed by atoms with van der Waals surface area (Å²) in [5.41, 5.74) is -3.05. The lowest BCUT2D eigenvalue weighted by Gasteiger charge is -2.12. The van der Waals surface area contributed by atoms with Crippen molar-refractivity contribution < 1.29 is 35.6 Å². The molecule has 0 saturated heterocycles. The smallest absolute Gasteiger partial charge is 0.379 e. The Labute approximate surface area is 151 Å². The molecule has 0 radical (unpaired) electrons. The van der Waals surface area contributed by atoms with Crippen molar-refractivity contribution in [3.63, 3.8) is 0 Å². The average molecular weight is 406 g/mol. The van der Waals surface area contributed by atoms with E-state index in [9.17, 15) is 37.6 Å². The van der Waals surface area contributed by atoms with Gasteiger partial charge in [-0.15, -0.1) is 0 Å². The molecule has 2 aromatic rings. The summed E-state index contributed by atoms with van der Waals surface area (Å²) in [5, 5.41) is 22.0. The number of nitrogens with zero attached hydrogens (tertiary/aromatic N) is 2. The summed E-state index contributed by atoms with van der Waals surface area (Å²) in [6, 6.07) is 6.90. The Morgan fingerprint density at radius 1 is 0.963 bits per heavy atom. The zero-order chi connectivity index (χ0) is 20.2. The van der Waals surface area contributed by atoms with E-state index < -0.39 is 62.2 Å². The van der Waals surface area contributed by atoms with Crippen LogP contribution in [0.2, 0.25) is 0 Å². The molecule has 144 valence electrons. The summed E-state index contributed by atoms with van der Waals surface area (Å²) < 4.78 is 59.6. The molecule has 0 fully saturated rings. The lowest BCUT2D eigenvalue weighted by molar-refractivity contribution is -0.396. The second-order valence-electron chi connectivity index (χ2n) is 4.83. The fourth-order valence-corrected chi connectivity index (χ4v) is 2.58. The molecule has 0 N–H and O–H groups in total. The fourth-order valence-electron chi connectivity index (χ4n) is 2.03. The van der Waals surface area contributed by atoms with Gasteiger partial charge in [0.2, 0.25) is 0 Å². The van der Waals surface area contributed by atoms with Crippen LogP contribution in [0.3, 0.4) is 0 Å². The van der Waals surface area contributed by atoms with E-state index in [-0.39, 0.29) is 0 Å². The molecule has 13 heteroatoms. The van der Waals surface area contributed by atoms with E-state index in [1.807, 2.05) is 0 Å². The molecule has 0 amide bonds. The zero-order valence-electron chi connectivity index (χ0n) is 13.0. The fraction of sp³-hybridized carbons (Fsp3) is 0.143. The van der Waals surface area contributed by atoms with Gasteiger partial charge >= 0.3 is 17.5 Å². The van der Waals surface area contributed by atoms with Gasteiger partial charge in [-0.1, -0.05) is 12.1 Å². The van der Waals surface area contributed by atoms with E-state index in [2.05, 4.69) is 8.37 Å². The molecule has 1 atom stereocenters. The summed E-state index contributed by atoms with van der Waals surface area (Å²) in [6.45, 7) is -0.895. The normalized spacial score (nSPS) is 12.4. The number of nitro benzene ring substituents is 2. The average Bonchev–Trinajstić information content (AvgIpc) is 2.59. The Morgan fingerprint density at radius 3 is 2.04 bits per heavy atom. The van der Waals surface area contributed by atoms with E-state index in [1.54, 1.807) is 0 Å². The summed E-state index contributed by atoms with van der Waals surface area (Å²) in [7, 11) is 0. The van der Waals surface area contributed by atoms with E-state index in [0.717, 1.165) is 30.3 Å². The molecule has 1 unspecified atom stereocenters. The third kappa shape index (κ3) is 4.98. The van der Waals surface area contributed by atoms with Gasteiger partial charge in [0.25, 0.3) is 11.4 Å². The molecule has 0 aliphatic rings. The van der Waals surface area contributed by atoms with E-state index in [4.69, 9.17) is 0 Å². The maximum Gasteiger partial charge on any atom is 0.420 e. The molecule has 9 nitrogen and oxygen atoms in total. The Kier molecular flexibility index (Phi) is 6.07. The first-order chi connectivity index (χ1) is 12.6. The highest BCUT2D eigenvalue weighted by Gasteiger charge is 2.35. The monoisotopic (exact) mass is 406 g/mol. The van der Waals surface area contributed by atoms with Gasteiger partial charge in [-0.3, -0.25) is 24.4 Å². The van der Waals surface area contributed by atoms with Crippen molar-refractivity contribution in [2.24, 2.45) is 0 Å². The molecule has 0 bridgehead atoms. The maximum absolute atomic E-state index is 12.9. The Hall–Kier alpha value is -3.06. The SMILES string of the molecule is O=[N+]([O-])c1cccc([N+](=O)[O-])c1COS(=O)Oc1ccccc1C(F)(F)F. The van der Waals surface area contributed by atoms with Gasteiger partial charge in [-0.05, 0) is 18.2 Å². The van der Waals surface area contributed by atoms with E-state index in [0.29, 0.717) is 6.07 Å². The third-order valence-electron chi connectivity index (χ3n) is 3.17. The summed E-state index contributed by atoms with van der Waals surface area (Å²) in [5.74, 6) is -0.791. The summed E-state index contributed by atoms with van der Waals surface area (Å²) >= 11 is -2.80. The largest absolute Gasteiger partial charge is 0.420 e. The molecule has 0 spiro atoms. The van der Waals surface area contributed by atoms with Crippen LogP contribution in [0.5, 0.6) is 5.75 Å². The van der Waals surface area contributed by atoms with Crippen LogP contribution in [0.15, 0.2) is 42.5 Å². The van der Waals surface area contributed by atoms with E-state index in [1.165, 1.54) is 6.07 Å². The Morgan fingerprint density at radius 2 is 1.52 bits per heavy atom. The van der Waals surface area contributed by atoms with Gasteiger partial charge in [0.05, 0.1) is 15.4 Å². The van der Waals surface area contributed by atoms with Crippen molar-refractivity contribution in [1.29, 1.82) is 0 Å².